The fourth-order valence-corrected chi connectivity index (χ4v) is 3.32. The van der Waals surface area contributed by atoms with Crippen LogP contribution in [0.25, 0.3) is 0 Å². The number of carbonyl (C=O) groups excluding carboxylic acids is 2. The van der Waals surface area contributed by atoms with Crippen LogP contribution in [0.1, 0.15) is 23.9 Å². The highest BCUT2D eigenvalue weighted by molar-refractivity contribution is 6.19. The van der Waals surface area contributed by atoms with Gasteiger partial charge in [0.15, 0.2) is 0 Å². The molecule has 3 aromatic rings. The van der Waals surface area contributed by atoms with Crippen LogP contribution in [0, 0.1) is 13.8 Å². The third kappa shape index (κ3) is 3.59. The van der Waals surface area contributed by atoms with Crippen molar-refractivity contribution in [2.45, 2.75) is 32.9 Å². The molecule has 29 heavy (non-hydrogen) atoms. The molecule has 0 unspecified atom stereocenters. The van der Waals surface area contributed by atoms with Gasteiger partial charge in [0, 0.05) is 11.4 Å². The van der Waals surface area contributed by atoms with Gasteiger partial charge in [0.1, 0.15) is 5.75 Å². The molecule has 2 aromatic carbocycles. The second-order valence-corrected chi connectivity index (χ2v) is 7.32. The predicted octanol–water partition coefficient (Wildman–Crippen LogP) is 3.28. The number of benzene rings is 2. The molecule has 148 valence electrons. The van der Waals surface area contributed by atoms with Crippen LogP contribution in [-0.2, 0) is 16.1 Å². The molecule has 0 saturated carbocycles. The molecule has 1 aliphatic heterocycles. The van der Waals surface area contributed by atoms with E-state index in [0.29, 0.717) is 23.7 Å². The van der Waals surface area contributed by atoms with Crippen LogP contribution in [0.15, 0.2) is 54.6 Å². The van der Waals surface area contributed by atoms with Crippen LogP contribution in [0.2, 0.25) is 0 Å². The number of aryl methyl sites for hydroxylation is 2. The van der Waals surface area contributed by atoms with Gasteiger partial charge in [-0.15, -0.1) is 0 Å². The maximum absolute atomic E-state index is 12.9. The van der Waals surface area contributed by atoms with Crippen LogP contribution in [0.5, 0.6) is 5.75 Å². The molecule has 7 nitrogen and oxygen atoms in total. The Labute approximate surface area is 168 Å². The standard InChI is InChI=1S/C22H22N4O3/c1-14-11-15(2)26(25-14)13-16-7-6-8-17(12-16)23-20(27)22(3)21(28)24-18-9-4-5-10-19(18)29-22/h4-12H,13H2,1-3H3,(H,23,27)(H,24,28)/t22-/m1/s1. The molecule has 7 heteroatoms. The first-order valence-corrected chi connectivity index (χ1v) is 9.36. The molecular formula is C22H22N4O3. The number of carbonyl (C=O) groups is 2. The summed E-state index contributed by atoms with van der Waals surface area (Å²) in [5.41, 5.74) is 2.48. The maximum atomic E-state index is 12.9. The molecule has 0 fully saturated rings. The van der Waals surface area contributed by atoms with Gasteiger partial charge in [-0.2, -0.15) is 5.10 Å². The van der Waals surface area contributed by atoms with Gasteiger partial charge in [0.2, 0.25) is 0 Å². The third-order valence-electron chi connectivity index (χ3n) is 4.94. The molecule has 2 heterocycles. The number of fused-ring (bicyclic) bond motifs is 1. The van der Waals surface area contributed by atoms with Gasteiger partial charge in [0.25, 0.3) is 17.4 Å². The number of ether oxygens (including phenoxy) is 1. The topological polar surface area (TPSA) is 85.3 Å². The molecule has 0 aliphatic carbocycles. The lowest BCUT2D eigenvalue weighted by Crippen LogP contribution is -2.56. The van der Waals surface area contributed by atoms with Crippen molar-refractivity contribution >= 4 is 23.2 Å². The quantitative estimate of drug-likeness (QED) is 0.670. The summed E-state index contributed by atoms with van der Waals surface area (Å²) < 4.78 is 7.68. The van der Waals surface area contributed by atoms with Crippen molar-refractivity contribution in [1.82, 2.24) is 9.78 Å². The number of rotatable bonds is 4. The minimum absolute atomic E-state index is 0.461. The average Bonchev–Trinajstić information content (AvgIpc) is 2.99. The summed E-state index contributed by atoms with van der Waals surface area (Å²) in [5.74, 6) is -0.580. The van der Waals surface area contributed by atoms with E-state index in [1.165, 1.54) is 6.92 Å². The first-order chi connectivity index (χ1) is 13.8. The van der Waals surface area contributed by atoms with Gasteiger partial charge in [0.05, 0.1) is 17.9 Å². The van der Waals surface area contributed by atoms with Gasteiger partial charge >= 0.3 is 0 Å². The molecule has 1 aromatic heterocycles. The molecular weight excluding hydrogens is 368 g/mol. The summed E-state index contributed by atoms with van der Waals surface area (Å²) in [4.78, 5) is 25.5. The summed E-state index contributed by atoms with van der Waals surface area (Å²) in [6, 6.07) is 16.5. The number of aromatic nitrogens is 2. The molecule has 0 radical (unpaired) electrons. The average molecular weight is 390 g/mol. The molecule has 4 rings (SSSR count). The van der Waals surface area contributed by atoms with Gasteiger partial charge < -0.3 is 15.4 Å². The lowest BCUT2D eigenvalue weighted by atomic mass is 10.0. The predicted molar refractivity (Wildman–Crippen MR) is 110 cm³/mol. The normalized spacial score (nSPS) is 17.8. The Morgan fingerprint density at radius 3 is 2.72 bits per heavy atom. The SMILES string of the molecule is Cc1cc(C)n(Cc2cccc(NC(=O)[C@@]3(C)Oc4ccccc4NC3=O)c2)n1. The van der Waals surface area contributed by atoms with E-state index < -0.39 is 17.4 Å². The lowest BCUT2D eigenvalue weighted by Gasteiger charge is -2.33. The van der Waals surface area contributed by atoms with E-state index in [9.17, 15) is 9.59 Å². The maximum Gasteiger partial charge on any atom is 0.278 e. The fourth-order valence-electron chi connectivity index (χ4n) is 3.32. The summed E-state index contributed by atoms with van der Waals surface area (Å²) in [7, 11) is 0. The van der Waals surface area contributed by atoms with Crippen molar-refractivity contribution < 1.29 is 14.3 Å². The molecule has 1 atom stereocenters. The molecule has 0 spiro atoms. The van der Waals surface area contributed by atoms with Crippen molar-refractivity contribution in [3.8, 4) is 5.75 Å². The number of hydrogen-bond donors (Lipinski definition) is 2. The summed E-state index contributed by atoms with van der Waals surface area (Å²) in [6.07, 6.45) is 0. The Morgan fingerprint density at radius 1 is 1.17 bits per heavy atom. The Balaban J connectivity index is 1.53. The summed E-state index contributed by atoms with van der Waals surface area (Å²) >= 11 is 0. The zero-order valence-corrected chi connectivity index (χ0v) is 16.5. The number of amides is 2. The minimum atomic E-state index is -1.67. The number of nitrogens with zero attached hydrogens (tertiary/aromatic N) is 2. The summed E-state index contributed by atoms with van der Waals surface area (Å²) in [6.45, 7) is 6.01. The van der Waals surface area contributed by atoms with E-state index in [0.717, 1.165) is 17.0 Å². The molecule has 1 aliphatic rings. The van der Waals surface area contributed by atoms with E-state index in [1.807, 2.05) is 42.8 Å². The van der Waals surface area contributed by atoms with Crippen molar-refractivity contribution in [2.24, 2.45) is 0 Å². The Morgan fingerprint density at radius 2 is 1.97 bits per heavy atom. The summed E-state index contributed by atoms with van der Waals surface area (Å²) in [5, 5.41) is 10.0. The zero-order chi connectivity index (χ0) is 20.6. The Hall–Kier alpha value is -3.61. The smallest absolute Gasteiger partial charge is 0.278 e. The van der Waals surface area contributed by atoms with Gasteiger partial charge in [-0.05, 0) is 56.7 Å². The number of nitrogens with one attached hydrogen (secondary N) is 2. The second-order valence-electron chi connectivity index (χ2n) is 7.32. The van der Waals surface area contributed by atoms with Crippen molar-refractivity contribution in [2.75, 3.05) is 10.6 Å². The van der Waals surface area contributed by atoms with Gasteiger partial charge in [-0.1, -0.05) is 24.3 Å². The van der Waals surface area contributed by atoms with E-state index >= 15 is 0 Å². The second kappa shape index (κ2) is 7.09. The van der Waals surface area contributed by atoms with Crippen molar-refractivity contribution in [1.29, 1.82) is 0 Å². The van der Waals surface area contributed by atoms with Crippen molar-refractivity contribution in [3.63, 3.8) is 0 Å². The highest BCUT2D eigenvalue weighted by Gasteiger charge is 2.47. The van der Waals surface area contributed by atoms with Crippen LogP contribution in [-0.4, -0.2) is 27.2 Å². The highest BCUT2D eigenvalue weighted by Crippen LogP contribution is 2.33. The largest absolute Gasteiger partial charge is 0.466 e. The molecule has 0 bridgehead atoms. The zero-order valence-electron chi connectivity index (χ0n) is 16.5. The van der Waals surface area contributed by atoms with E-state index in [4.69, 9.17) is 4.74 Å². The Kier molecular flexibility index (Phi) is 4.58. The minimum Gasteiger partial charge on any atom is -0.466 e. The third-order valence-corrected chi connectivity index (χ3v) is 4.94. The number of para-hydroxylation sites is 2. The van der Waals surface area contributed by atoms with Gasteiger partial charge in [-0.3, -0.25) is 14.3 Å². The molecule has 0 saturated heterocycles. The molecule has 2 N–H and O–H groups in total. The highest BCUT2D eigenvalue weighted by atomic mass is 16.5. The first-order valence-electron chi connectivity index (χ1n) is 9.36. The van der Waals surface area contributed by atoms with Crippen LogP contribution in [0.4, 0.5) is 11.4 Å². The number of anilines is 2. The molecule has 2 amide bonds. The van der Waals surface area contributed by atoms with Crippen LogP contribution < -0.4 is 15.4 Å². The van der Waals surface area contributed by atoms with E-state index in [2.05, 4.69) is 15.7 Å². The van der Waals surface area contributed by atoms with E-state index in [1.54, 1.807) is 30.3 Å². The van der Waals surface area contributed by atoms with Crippen molar-refractivity contribution in [3.05, 3.63) is 71.5 Å². The van der Waals surface area contributed by atoms with Gasteiger partial charge in [-0.25, -0.2) is 0 Å². The van der Waals surface area contributed by atoms with Crippen LogP contribution in [0.3, 0.4) is 0 Å². The first kappa shape index (κ1) is 18.7. The lowest BCUT2D eigenvalue weighted by molar-refractivity contribution is -0.143. The Bertz CT molecular complexity index is 1100. The van der Waals surface area contributed by atoms with E-state index in [-0.39, 0.29) is 0 Å². The monoisotopic (exact) mass is 390 g/mol. The fraction of sp³-hybridized carbons (Fsp3) is 0.227. The van der Waals surface area contributed by atoms with Crippen LogP contribution >= 0.6 is 0 Å². The number of hydrogen-bond acceptors (Lipinski definition) is 4.